The second-order valence-corrected chi connectivity index (χ2v) is 4.06. The summed E-state index contributed by atoms with van der Waals surface area (Å²) in [7, 11) is 1.69. The second kappa shape index (κ2) is 5.65. The highest BCUT2D eigenvalue weighted by Gasteiger charge is 2.14. The van der Waals surface area contributed by atoms with Gasteiger partial charge in [-0.2, -0.15) is 4.80 Å². The number of nitrogens with one attached hydrogen (secondary N) is 1. The van der Waals surface area contributed by atoms with Gasteiger partial charge in [0.25, 0.3) is 0 Å². The summed E-state index contributed by atoms with van der Waals surface area (Å²) in [6.45, 7) is 0. The standard InChI is InChI=1S/C11H15FN6/c1-18-16-11(15-17-18)7-9(14-13)6-8-4-2-3-5-10(8)12/h2-5,9,14H,6-7,13H2,1H3. The van der Waals surface area contributed by atoms with Crippen molar-refractivity contribution in [2.75, 3.05) is 0 Å². The number of aromatic nitrogens is 4. The fourth-order valence-corrected chi connectivity index (χ4v) is 1.74. The summed E-state index contributed by atoms with van der Waals surface area (Å²) in [5.74, 6) is 5.82. The largest absolute Gasteiger partial charge is 0.271 e. The van der Waals surface area contributed by atoms with Crippen molar-refractivity contribution in [3.05, 3.63) is 41.5 Å². The summed E-state index contributed by atoms with van der Waals surface area (Å²) in [6, 6.07) is 6.50. The Kier molecular flexibility index (Phi) is 3.96. The molecule has 0 amide bonds. The van der Waals surface area contributed by atoms with Crippen LogP contribution in [-0.4, -0.2) is 26.2 Å². The number of hydrogen-bond donors (Lipinski definition) is 2. The number of benzene rings is 1. The molecule has 0 aliphatic carbocycles. The molecule has 0 saturated carbocycles. The van der Waals surface area contributed by atoms with E-state index in [2.05, 4.69) is 20.8 Å². The van der Waals surface area contributed by atoms with E-state index in [-0.39, 0.29) is 11.9 Å². The lowest BCUT2D eigenvalue weighted by Gasteiger charge is -2.14. The number of rotatable bonds is 5. The summed E-state index contributed by atoms with van der Waals surface area (Å²) in [6.07, 6.45) is 0.972. The van der Waals surface area contributed by atoms with Gasteiger partial charge >= 0.3 is 0 Å². The molecule has 0 fully saturated rings. The molecule has 18 heavy (non-hydrogen) atoms. The maximum Gasteiger partial charge on any atom is 0.176 e. The Morgan fingerprint density at radius 1 is 1.39 bits per heavy atom. The normalized spacial score (nSPS) is 12.6. The quantitative estimate of drug-likeness (QED) is 0.575. The summed E-state index contributed by atoms with van der Waals surface area (Å²) in [4.78, 5) is 1.38. The number of tetrazole rings is 1. The average molecular weight is 250 g/mol. The number of aryl methyl sites for hydroxylation is 1. The number of halogens is 1. The topological polar surface area (TPSA) is 81.7 Å². The van der Waals surface area contributed by atoms with Crippen LogP contribution in [0.5, 0.6) is 0 Å². The van der Waals surface area contributed by atoms with Gasteiger partial charge in [0.05, 0.1) is 7.05 Å². The lowest BCUT2D eigenvalue weighted by molar-refractivity contribution is 0.496. The molecule has 1 unspecified atom stereocenters. The molecule has 1 atom stereocenters. The van der Waals surface area contributed by atoms with Crippen molar-refractivity contribution in [1.29, 1.82) is 0 Å². The van der Waals surface area contributed by atoms with Crippen molar-refractivity contribution >= 4 is 0 Å². The SMILES string of the molecule is Cn1nnc(CC(Cc2ccccc2F)NN)n1. The molecule has 0 saturated heterocycles. The van der Waals surface area contributed by atoms with Crippen LogP contribution in [0.2, 0.25) is 0 Å². The summed E-state index contributed by atoms with van der Waals surface area (Å²) < 4.78 is 13.5. The number of hydrogen-bond acceptors (Lipinski definition) is 5. The predicted molar refractivity (Wildman–Crippen MR) is 63.7 cm³/mol. The van der Waals surface area contributed by atoms with Crippen molar-refractivity contribution in [1.82, 2.24) is 25.6 Å². The first kappa shape index (κ1) is 12.6. The molecule has 1 aromatic carbocycles. The zero-order valence-electron chi connectivity index (χ0n) is 10.0. The Labute approximate surface area is 104 Å². The Morgan fingerprint density at radius 3 is 2.78 bits per heavy atom. The Bertz CT molecular complexity index is 512. The third-order valence-corrected chi connectivity index (χ3v) is 2.64. The van der Waals surface area contributed by atoms with Crippen molar-refractivity contribution < 1.29 is 4.39 Å². The lowest BCUT2D eigenvalue weighted by atomic mass is 10.0. The van der Waals surface area contributed by atoms with Crippen LogP contribution in [0.15, 0.2) is 24.3 Å². The van der Waals surface area contributed by atoms with Crippen molar-refractivity contribution in [2.45, 2.75) is 18.9 Å². The van der Waals surface area contributed by atoms with E-state index in [1.165, 1.54) is 10.9 Å². The number of hydrazine groups is 1. The lowest BCUT2D eigenvalue weighted by Crippen LogP contribution is -2.39. The maximum absolute atomic E-state index is 13.5. The minimum atomic E-state index is -0.232. The highest BCUT2D eigenvalue weighted by Crippen LogP contribution is 2.10. The Hall–Kier alpha value is -1.86. The monoisotopic (exact) mass is 250 g/mol. The molecule has 2 aromatic rings. The summed E-state index contributed by atoms with van der Waals surface area (Å²) in [5, 5.41) is 11.7. The predicted octanol–water partition coefficient (Wildman–Crippen LogP) is -0.0337. The number of nitrogens with zero attached hydrogens (tertiary/aromatic N) is 4. The number of nitrogens with two attached hydrogens (primary N) is 1. The van der Waals surface area contributed by atoms with Gasteiger partial charge in [-0.1, -0.05) is 18.2 Å². The van der Waals surface area contributed by atoms with Gasteiger partial charge in [-0.3, -0.25) is 11.3 Å². The van der Waals surface area contributed by atoms with Crippen LogP contribution in [0, 0.1) is 5.82 Å². The van der Waals surface area contributed by atoms with Gasteiger partial charge in [0, 0.05) is 12.5 Å². The van der Waals surface area contributed by atoms with E-state index in [0.29, 0.717) is 24.2 Å². The zero-order valence-corrected chi connectivity index (χ0v) is 10.0. The highest BCUT2D eigenvalue weighted by molar-refractivity contribution is 5.18. The van der Waals surface area contributed by atoms with Gasteiger partial charge in [0.15, 0.2) is 5.82 Å². The van der Waals surface area contributed by atoms with Crippen LogP contribution < -0.4 is 11.3 Å². The van der Waals surface area contributed by atoms with Crippen LogP contribution in [-0.2, 0) is 19.9 Å². The van der Waals surface area contributed by atoms with Crippen molar-refractivity contribution in [2.24, 2.45) is 12.9 Å². The Morgan fingerprint density at radius 2 is 2.17 bits per heavy atom. The third kappa shape index (κ3) is 3.08. The molecule has 1 heterocycles. The molecule has 7 heteroatoms. The fourth-order valence-electron chi connectivity index (χ4n) is 1.74. The summed E-state index contributed by atoms with van der Waals surface area (Å²) >= 11 is 0. The van der Waals surface area contributed by atoms with Gasteiger partial charge in [-0.15, -0.1) is 10.2 Å². The van der Waals surface area contributed by atoms with Gasteiger partial charge in [-0.25, -0.2) is 4.39 Å². The molecule has 3 N–H and O–H groups in total. The zero-order chi connectivity index (χ0) is 13.0. The molecule has 96 valence electrons. The minimum Gasteiger partial charge on any atom is -0.271 e. The van der Waals surface area contributed by atoms with E-state index in [4.69, 9.17) is 5.84 Å². The van der Waals surface area contributed by atoms with Crippen LogP contribution in [0.4, 0.5) is 4.39 Å². The smallest absolute Gasteiger partial charge is 0.176 e. The van der Waals surface area contributed by atoms with Gasteiger partial charge in [0.1, 0.15) is 5.82 Å². The van der Waals surface area contributed by atoms with Crippen molar-refractivity contribution in [3.8, 4) is 0 Å². The van der Waals surface area contributed by atoms with Crippen LogP contribution >= 0.6 is 0 Å². The molecule has 0 bridgehead atoms. The molecular formula is C11H15FN6. The minimum absolute atomic E-state index is 0.133. The molecular weight excluding hydrogens is 235 g/mol. The van der Waals surface area contributed by atoms with E-state index in [9.17, 15) is 4.39 Å². The fraction of sp³-hybridized carbons (Fsp3) is 0.364. The molecule has 0 aliphatic heterocycles. The summed E-state index contributed by atoms with van der Waals surface area (Å²) in [5.41, 5.74) is 3.27. The maximum atomic E-state index is 13.5. The highest BCUT2D eigenvalue weighted by atomic mass is 19.1. The first-order chi connectivity index (χ1) is 8.69. The van der Waals surface area contributed by atoms with E-state index < -0.39 is 0 Å². The van der Waals surface area contributed by atoms with E-state index in [1.54, 1.807) is 25.2 Å². The second-order valence-electron chi connectivity index (χ2n) is 4.06. The molecule has 0 spiro atoms. The van der Waals surface area contributed by atoms with Crippen LogP contribution in [0.1, 0.15) is 11.4 Å². The van der Waals surface area contributed by atoms with Crippen LogP contribution in [0.25, 0.3) is 0 Å². The first-order valence-corrected chi connectivity index (χ1v) is 5.61. The van der Waals surface area contributed by atoms with Gasteiger partial charge < -0.3 is 0 Å². The molecule has 6 nitrogen and oxygen atoms in total. The first-order valence-electron chi connectivity index (χ1n) is 5.61. The van der Waals surface area contributed by atoms with Crippen LogP contribution in [0.3, 0.4) is 0 Å². The molecule has 0 radical (unpaired) electrons. The third-order valence-electron chi connectivity index (χ3n) is 2.64. The van der Waals surface area contributed by atoms with E-state index >= 15 is 0 Å². The van der Waals surface area contributed by atoms with Gasteiger partial charge in [-0.05, 0) is 23.3 Å². The molecule has 0 aliphatic rings. The van der Waals surface area contributed by atoms with Crippen molar-refractivity contribution in [3.63, 3.8) is 0 Å². The Balaban J connectivity index is 2.04. The van der Waals surface area contributed by atoms with E-state index in [1.807, 2.05) is 0 Å². The van der Waals surface area contributed by atoms with Gasteiger partial charge in [0.2, 0.25) is 0 Å². The average Bonchev–Trinajstić information content (AvgIpc) is 2.76. The molecule has 2 rings (SSSR count). The van der Waals surface area contributed by atoms with E-state index in [0.717, 1.165) is 0 Å². The molecule has 1 aromatic heterocycles.